The van der Waals surface area contributed by atoms with E-state index in [0.717, 1.165) is 17.9 Å². The van der Waals surface area contributed by atoms with E-state index < -0.39 is 0 Å². The lowest BCUT2D eigenvalue weighted by Gasteiger charge is -2.43. The third kappa shape index (κ3) is 4.26. The minimum Gasteiger partial charge on any atom is -0.311 e. The van der Waals surface area contributed by atoms with Crippen LogP contribution >= 0.6 is 0 Å². The fraction of sp³-hybridized carbons (Fsp3) is 1.00. The summed E-state index contributed by atoms with van der Waals surface area (Å²) in [6.07, 6.45) is 3.93. The van der Waals surface area contributed by atoms with Gasteiger partial charge in [-0.3, -0.25) is 4.90 Å². The van der Waals surface area contributed by atoms with Crippen LogP contribution in [-0.4, -0.2) is 36.6 Å². The quantitative estimate of drug-likeness (QED) is 0.767. The van der Waals surface area contributed by atoms with Gasteiger partial charge in [-0.25, -0.2) is 0 Å². The van der Waals surface area contributed by atoms with Crippen molar-refractivity contribution in [1.29, 1.82) is 0 Å². The minimum atomic E-state index is 0.657. The van der Waals surface area contributed by atoms with Crippen LogP contribution in [0.3, 0.4) is 0 Å². The molecule has 1 fully saturated rings. The van der Waals surface area contributed by atoms with E-state index >= 15 is 0 Å². The predicted octanol–water partition coefficient (Wildman–Crippen LogP) is 3.13. The van der Waals surface area contributed by atoms with E-state index in [1.165, 1.54) is 38.9 Å². The molecule has 3 atom stereocenters. The maximum Gasteiger partial charge on any atom is 0.0246 e. The van der Waals surface area contributed by atoms with Crippen molar-refractivity contribution in [1.82, 2.24) is 10.2 Å². The van der Waals surface area contributed by atoms with Gasteiger partial charge in [-0.1, -0.05) is 47.0 Å². The summed E-state index contributed by atoms with van der Waals surface area (Å²) in [5.41, 5.74) is 0. The molecule has 0 amide bonds. The second-order valence-corrected chi connectivity index (χ2v) is 5.90. The van der Waals surface area contributed by atoms with Gasteiger partial charge in [0.1, 0.15) is 0 Å². The number of nitrogens with one attached hydrogen (secondary N) is 1. The van der Waals surface area contributed by atoms with Crippen molar-refractivity contribution < 1.29 is 0 Å². The lowest BCUT2D eigenvalue weighted by Crippen LogP contribution is -2.58. The molecule has 0 bridgehead atoms. The molecular formula is C15H32N2. The van der Waals surface area contributed by atoms with Gasteiger partial charge in [0.2, 0.25) is 0 Å². The van der Waals surface area contributed by atoms with E-state index in [1.807, 2.05) is 0 Å². The van der Waals surface area contributed by atoms with Crippen LogP contribution in [0.1, 0.15) is 53.9 Å². The molecule has 17 heavy (non-hydrogen) atoms. The Morgan fingerprint density at radius 2 is 1.82 bits per heavy atom. The fourth-order valence-electron chi connectivity index (χ4n) is 2.92. The molecule has 0 saturated carbocycles. The van der Waals surface area contributed by atoms with Gasteiger partial charge in [0.05, 0.1) is 0 Å². The summed E-state index contributed by atoms with van der Waals surface area (Å²) in [5, 5.41) is 3.64. The van der Waals surface area contributed by atoms with Crippen LogP contribution in [0.15, 0.2) is 0 Å². The van der Waals surface area contributed by atoms with Crippen LogP contribution in [0.25, 0.3) is 0 Å². The largest absolute Gasteiger partial charge is 0.311 e. The Labute approximate surface area is 108 Å². The van der Waals surface area contributed by atoms with Crippen molar-refractivity contribution >= 4 is 0 Å². The van der Waals surface area contributed by atoms with Gasteiger partial charge >= 0.3 is 0 Å². The molecule has 0 aliphatic carbocycles. The molecule has 0 aromatic carbocycles. The maximum absolute atomic E-state index is 3.64. The molecular weight excluding hydrogens is 208 g/mol. The standard InChI is InChI=1S/C15H32N2/c1-6-12(4)15-9-16-13(5)10-17(15)11-14(7-2)8-3/h12-16H,6-11H2,1-5H3. The Morgan fingerprint density at radius 1 is 1.18 bits per heavy atom. The third-order valence-corrected chi connectivity index (χ3v) is 4.60. The van der Waals surface area contributed by atoms with Crippen molar-refractivity contribution in [2.24, 2.45) is 11.8 Å². The summed E-state index contributed by atoms with van der Waals surface area (Å²) < 4.78 is 0. The van der Waals surface area contributed by atoms with E-state index in [9.17, 15) is 0 Å². The van der Waals surface area contributed by atoms with Crippen LogP contribution in [0.5, 0.6) is 0 Å². The molecule has 1 aliphatic rings. The first-order valence-electron chi connectivity index (χ1n) is 7.59. The lowest BCUT2D eigenvalue weighted by atomic mass is 9.92. The Balaban J connectivity index is 2.60. The van der Waals surface area contributed by atoms with Gasteiger partial charge < -0.3 is 5.32 Å². The summed E-state index contributed by atoms with van der Waals surface area (Å²) in [4.78, 5) is 2.76. The number of nitrogens with zero attached hydrogens (tertiary/aromatic N) is 1. The molecule has 102 valence electrons. The summed E-state index contributed by atoms with van der Waals surface area (Å²) >= 11 is 0. The molecule has 1 rings (SSSR count). The first kappa shape index (κ1) is 15.0. The number of rotatable bonds is 6. The monoisotopic (exact) mass is 240 g/mol. The van der Waals surface area contributed by atoms with Crippen molar-refractivity contribution in [3.8, 4) is 0 Å². The van der Waals surface area contributed by atoms with Gasteiger partial charge in [0.25, 0.3) is 0 Å². The predicted molar refractivity (Wildman–Crippen MR) is 76.4 cm³/mol. The zero-order valence-electron chi connectivity index (χ0n) is 12.5. The Kier molecular flexibility index (Phi) is 6.50. The molecule has 3 unspecified atom stereocenters. The summed E-state index contributed by atoms with van der Waals surface area (Å²) in [7, 11) is 0. The van der Waals surface area contributed by atoms with Crippen LogP contribution in [0.2, 0.25) is 0 Å². The van der Waals surface area contributed by atoms with Crippen LogP contribution in [0.4, 0.5) is 0 Å². The summed E-state index contributed by atoms with van der Waals surface area (Å²) in [5.74, 6) is 1.69. The average Bonchev–Trinajstić information content (AvgIpc) is 2.35. The molecule has 0 spiro atoms. The minimum absolute atomic E-state index is 0.657. The topological polar surface area (TPSA) is 15.3 Å². The van der Waals surface area contributed by atoms with Crippen molar-refractivity contribution in [2.45, 2.75) is 66.0 Å². The normalized spacial score (nSPS) is 28.6. The number of hydrogen-bond donors (Lipinski definition) is 1. The second kappa shape index (κ2) is 7.38. The average molecular weight is 240 g/mol. The molecule has 1 heterocycles. The summed E-state index contributed by atoms with van der Waals surface area (Å²) in [6.45, 7) is 15.4. The van der Waals surface area contributed by atoms with Gasteiger partial charge in [-0.2, -0.15) is 0 Å². The van der Waals surface area contributed by atoms with Gasteiger partial charge in [-0.05, 0) is 18.8 Å². The Bertz CT molecular complexity index is 201. The highest BCUT2D eigenvalue weighted by Gasteiger charge is 2.29. The van der Waals surface area contributed by atoms with E-state index in [1.54, 1.807) is 0 Å². The fourth-order valence-corrected chi connectivity index (χ4v) is 2.92. The molecule has 0 aromatic heterocycles. The smallest absolute Gasteiger partial charge is 0.0246 e. The first-order valence-corrected chi connectivity index (χ1v) is 7.59. The van der Waals surface area contributed by atoms with Crippen LogP contribution in [0, 0.1) is 11.8 Å². The number of hydrogen-bond acceptors (Lipinski definition) is 2. The van der Waals surface area contributed by atoms with Gasteiger partial charge in [0.15, 0.2) is 0 Å². The molecule has 2 nitrogen and oxygen atoms in total. The zero-order chi connectivity index (χ0) is 12.8. The maximum atomic E-state index is 3.64. The second-order valence-electron chi connectivity index (χ2n) is 5.90. The SMILES string of the molecule is CCC(CC)CN1CC(C)NCC1C(C)CC. The highest BCUT2D eigenvalue weighted by molar-refractivity contribution is 4.87. The molecule has 0 radical (unpaired) electrons. The summed E-state index contributed by atoms with van der Waals surface area (Å²) in [6, 6.07) is 1.40. The Hall–Kier alpha value is -0.0800. The lowest BCUT2D eigenvalue weighted by molar-refractivity contribution is 0.0774. The van der Waals surface area contributed by atoms with Crippen LogP contribution < -0.4 is 5.32 Å². The number of piperazine rings is 1. The van der Waals surface area contributed by atoms with Crippen molar-refractivity contribution in [2.75, 3.05) is 19.6 Å². The van der Waals surface area contributed by atoms with E-state index in [4.69, 9.17) is 0 Å². The first-order chi connectivity index (χ1) is 8.12. The molecule has 1 saturated heterocycles. The van der Waals surface area contributed by atoms with E-state index in [2.05, 4.69) is 44.8 Å². The highest BCUT2D eigenvalue weighted by Crippen LogP contribution is 2.21. The van der Waals surface area contributed by atoms with Crippen molar-refractivity contribution in [3.05, 3.63) is 0 Å². The molecule has 0 aromatic rings. The third-order valence-electron chi connectivity index (χ3n) is 4.60. The van der Waals surface area contributed by atoms with Crippen LogP contribution in [-0.2, 0) is 0 Å². The van der Waals surface area contributed by atoms with E-state index in [0.29, 0.717) is 6.04 Å². The molecule has 1 N–H and O–H groups in total. The Morgan fingerprint density at radius 3 is 2.35 bits per heavy atom. The van der Waals surface area contributed by atoms with Crippen molar-refractivity contribution in [3.63, 3.8) is 0 Å². The molecule has 2 heteroatoms. The zero-order valence-corrected chi connectivity index (χ0v) is 12.5. The van der Waals surface area contributed by atoms with Gasteiger partial charge in [0, 0.05) is 31.7 Å². The molecule has 1 aliphatic heterocycles. The van der Waals surface area contributed by atoms with E-state index in [-0.39, 0.29) is 0 Å². The van der Waals surface area contributed by atoms with Gasteiger partial charge in [-0.15, -0.1) is 0 Å². The highest BCUT2D eigenvalue weighted by atomic mass is 15.2.